The molecule has 1 N–H and O–H groups in total. The molecule has 1 fully saturated rings. The average Bonchev–Trinajstić information content (AvgIpc) is 2.52. The molecule has 1 aliphatic heterocycles. The number of rotatable bonds is 10. The summed E-state index contributed by atoms with van der Waals surface area (Å²) in [5.74, 6) is 0. The second-order valence-corrected chi connectivity index (χ2v) is 6.63. The summed E-state index contributed by atoms with van der Waals surface area (Å²) in [5.41, 5.74) is 3.71. The van der Waals surface area contributed by atoms with Crippen LogP contribution in [0.25, 0.3) is 0 Å². The molecule has 132 valence electrons. The summed E-state index contributed by atoms with van der Waals surface area (Å²) in [6.45, 7) is 11.3. The smallest absolute Gasteiger partial charge is 0.158 e. The molecule has 2 atom stereocenters. The van der Waals surface area contributed by atoms with E-state index in [0.717, 1.165) is 50.7 Å². The maximum absolute atomic E-state index is 8.85. The van der Waals surface area contributed by atoms with E-state index in [9.17, 15) is 0 Å². The molecular formula is C20H34O3. The maximum Gasteiger partial charge on any atom is 0.158 e. The summed E-state index contributed by atoms with van der Waals surface area (Å²) in [7, 11) is 0. The molecule has 0 aromatic rings. The predicted molar refractivity (Wildman–Crippen MR) is 96.3 cm³/mol. The lowest BCUT2D eigenvalue weighted by Gasteiger charge is -2.28. The monoisotopic (exact) mass is 322 g/mol. The Kier molecular flexibility index (Phi) is 10.2. The van der Waals surface area contributed by atoms with Gasteiger partial charge in [-0.15, -0.1) is 0 Å². The van der Waals surface area contributed by atoms with Gasteiger partial charge in [0, 0.05) is 6.61 Å². The number of hydrogen-bond donors (Lipinski definition) is 1. The van der Waals surface area contributed by atoms with Crippen molar-refractivity contribution in [3.05, 3.63) is 35.5 Å². The van der Waals surface area contributed by atoms with Crippen LogP contribution >= 0.6 is 0 Å². The van der Waals surface area contributed by atoms with Crippen molar-refractivity contribution in [3.63, 3.8) is 0 Å². The minimum Gasteiger partial charge on any atom is -0.392 e. The van der Waals surface area contributed by atoms with Crippen LogP contribution < -0.4 is 0 Å². The zero-order valence-electron chi connectivity index (χ0n) is 15.1. The van der Waals surface area contributed by atoms with Gasteiger partial charge in [0.1, 0.15) is 0 Å². The molecule has 3 heteroatoms. The van der Waals surface area contributed by atoms with Crippen molar-refractivity contribution < 1.29 is 14.6 Å². The number of hydrogen-bond acceptors (Lipinski definition) is 3. The van der Waals surface area contributed by atoms with Gasteiger partial charge in [-0.25, -0.2) is 0 Å². The van der Waals surface area contributed by atoms with Crippen LogP contribution in [0.15, 0.2) is 35.5 Å². The van der Waals surface area contributed by atoms with Crippen molar-refractivity contribution >= 4 is 0 Å². The van der Waals surface area contributed by atoms with E-state index in [2.05, 4.69) is 26.5 Å². The fraction of sp³-hybridized carbons (Fsp3) is 0.700. The van der Waals surface area contributed by atoms with Crippen molar-refractivity contribution in [1.82, 2.24) is 0 Å². The highest BCUT2D eigenvalue weighted by atomic mass is 16.7. The summed E-state index contributed by atoms with van der Waals surface area (Å²) in [6.07, 6.45) is 11.5. The molecule has 0 aliphatic carbocycles. The third kappa shape index (κ3) is 9.09. The fourth-order valence-corrected chi connectivity index (χ4v) is 2.70. The number of aliphatic hydroxyl groups excluding tert-OH is 1. The third-order valence-electron chi connectivity index (χ3n) is 4.28. The highest BCUT2D eigenvalue weighted by Crippen LogP contribution is 2.22. The predicted octanol–water partition coefficient (Wildman–Crippen LogP) is 4.92. The lowest BCUT2D eigenvalue weighted by molar-refractivity contribution is -0.181. The van der Waals surface area contributed by atoms with Crippen LogP contribution in [0.5, 0.6) is 0 Å². The zero-order valence-corrected chi connectivity index (χ0v) is 15.1. The molecule has 1 heterocycles. The van der Waals surface area contributed by atoms with E-state index in [1.807, 2.05) is 13.0 Å². The molecule has 0 radical (unpaired) electrons. The van der Waals surface area contributed by atoms with Gasteiger partial charge in [-0.1, -0.05) is 35.5 Å². The summed E-state index contributed by atoms with van der Waals surface area (Å²) >= 11 is 0. The molecule has 0 aromatic carbocycles. The molecule has 0 amide bonds. The normalized spacial score (nSPS) is 21.3. The lowest BCUT2D eigenvalue weighted by Crippen LogP contribution is -2.28. The average molecular weight is 322 g/mol. The van der Waals surface area contributed by atoms with Gasteiger partial charge in [-0.05, 0) is 65.7 Å². The van der Waals surface area contributed by atoms with Crippen LogP contribution in [-0.2, 0) is 9.47 Å². The number of ether oxygens (including phenoxy) is 2. The molecular weight excluding hydrogens is 288 g/mol. The van der Waals surface area contributed by atoms with Crippen molar-refractivity contribution in [2.24, 2.45) is 0 Å². The van der Waals surface area contributed by atoms with E-state index in [0.29, 0.717) is 0 Å². The van der Waals surface area contributed by atoms with Crippen LogP contribution in [0.2, 0.25) is 0 Å². The summed E-state index contributed by atoms with van der Waals surface area (Å²) < 4.78 is 11.8. The summed E-state index contributed by atoms with van der Waals surface area (Å²) in [5, 5.41) is 8.85. The first-order valence-electron chi connectivity index (χ1n) is 8.87. The SMILES string of the molecule is C=C(C)C(CCC(C)=CCCC(C)=CCO)OC1CCCCO1. The van der Waals surface area contributed by atoms with Gasteiger partial charge in [-0.2, -0.15) is 0 Å². The van der Waals surface area contributed by atoms with Crippen LogP contribution in [0.3, 0.4) is 0 Å². The second-order valence-electron chi connectivity index (χ2n) is 6.63. The van der Waals surface area contributed by atoms with E-state index in [1.165, 1.54) is 17.6 Å². The highest BCUT2D eigenvalue weighted by molar-refractivity contribution is 5.06. The Balaban J connectivity index is 2.35. The van der Waals surface area contributed by atoms with Gasteiger partial charge in [0.2, 0.25) is 0 Å². The topological polar surface area (TPSA) is 38.7 Å². The Labute approximate surface area is 142 Å². The van der Waals surface area contributed by atoms with Crippen LogP contribution in [-0.4, -0.2) is 30.7 Å². The van der Waals surface area contributed by atoms with Crippen molar-refractivity contribution in [2.75, 3.05) is 13.2 Å². The van der Waals surface area contributed by atoms with Gasteiger partial charge in [-0.3, -0.25) is 0 Å². The Bertz CT molecular complexity index is 403. The number of aliphatic hydroxyl groups is 1. The van der Waals surface area contributed by atoms with E-state index >= 15 is 0 Å². The first-order valence-corrected chi connectivity index (χ1v) is 8.87. The standard InChI is InChI=1S/C20H34O3/c1-16(2)19(23-20-10-5-6-15-22-20)12-11-17(3)8-7-9-18(4)13-14-21/h8,13,19-21H,1,5-7,9-12,14-15H2,2-4H3. The van der Waals surface area contributed by atoms with Gasteiger partial charge in [0.05, 0.1) is 12.7 Å². The van der Waals surface area contributed by atoms with E-state index < -0.39 is 0 Å². The van der Waals surface area contributed by atoms with Crippen LogP contribution in [0.1, 0.15) is 65.7 Å². The third-order valence-corrected chi connectivity index (χ3v) is 4.28. The molecule has 3 nitrogen and oxygen atoms in total. The lowest BCUT2D eigenvalue weighted by atomic mass is 10.0. The maximum atomic E-state index is 8.85. The molecule has 0 spiro atoms. The van der Waals surface area contributed by atoms with Gasteiger partial charge >= 0.3 is 0 Å². The molecule has 0 aromatic heterocycles. The van der Waals surface area contributed by atoms with Crippen LogP contribution in [0.4, 0.5) is 0 Å². The van der Waals surface area contributed by atoms with Crippen molar-refractivity contribution in [1.29, 1.82) is 0 Å². The number of allylic oxidation sites excluding steroid dienone is 3. The summed E-state index contributed by atoms with van der Waals surface area (Å²) in [4.78, 5) is 0. The van der Waals surface area contributed by atoms with E-state index in [4.69, 9.17) is 14.6 Å². The van der Waals surface area contributed by atoms with Gasteiger partial charge in [0.15, 0.2) is 6.29 Å². The van der Waals surface area contributed by atoms with E-state index in [1.54, 1.807) is 0 Å². The van der Waals surface area contributed by atoms with E-state index in [-0.39, 0.29) is 19.0 Å². The quantitative estimate of drug-likeness (QED) is 0.580. The first kappa shape index (κ1) is 20.1. The Morgan fingerprint density at radius 3 is 2.57 bits per heavy atom. The largest absolute Gasteiger partial charge is 0.392 e. The Hall–Kier alpha value is -0.900. The van der Waals surface area contributed by atoms with Crippen molar-refractivity contribution in [3.8, 4) is 0 Å². The minimum absolute atomic E-state index is 0.0546. The minimum atomic E-state index is -0.0546. The molecule has 1 rings (SSSR count). The molecule has 2 unspecified atom stereocenters. The molecule has 0 saturated carbocycles. The second kappa shape index (κ2) is 11.6. The first-order chi connectivity index (χ1) is 11.0. The Morgan fingerprint density at radius 1 is 1.22 bits per heavy atom. The zero-order chi connectivity index (χ0) is 17.1. The van der Waals surface area contributed by atoms with Gasteiger partial charge < -0.3 is 14.6 Å². The fourth-order valence-electron chi connectivity index (χ4n) is 2.70. The molecule has 1 aliphatic rings. The Morgan fingerprint density at radius 2 is 1.96 bits per heavy atom. The summed E-state index contributed by atoms with van der Waals surface area (Å²) in [6, 6.07) is 0. The molecule has 23 heavy (non-hydrogen) atoms. The van der Waals surface area contributed by atoms with Crippen molar-refractivity contribution in [2.45, 2.75) is 78.1 Å². The highest BCUT2D eigenvalue weighted by Gasteiger charge is 2.20. The van der Waals surface area contributed by atoms with Gasteiger partial charge in [0.25, 0.3) is 0 Å². The van der Waals surface area contributed by atoms with Crippen LogP contribution in [0, 0.1) is 0 Å². The molecule has 0 bridgehead atoms. The molecule has 1 saturated heterocycles.